The van der Waals surface area contributed by atoms with Gasteiger partial charge in [-0.2, -0.15) is 29.4 Å². The van der Waals surface area contributed by atoms with Crippen LogP contribution in [0.5, 0.6) is 0 Å². The van der Waals surface area contributed by atoms with Gasteiger partial charge in [0.15, 0.2) is 0 Å². The predicted molar refractivity (Wildman–Crippen MR) is 44.9 cm³/mol. The Bertz CT molecular complexity index is 369. The number of hydrogen-bond donors (Lipinski definition) is 0. The number of para-hydroxylation sites is 1. The molecule has 0 aliphatic carbocycles. The zero-order valence-electron chi connectivity index (χ0n) is 7.73. The minimum atomic E-state index is 0. The third-order valence-electron chi connectivity index (χ3n) is 1.64. The van der Waals surface area contributed by atoms with Gasteiger partial charge in [-0.3, -0.25) is 0 Å². The molecule has 0 radical (unpaired) electrons. The maximum absolute atomic E-state index is 4.06. The molecular formula is C9H8LiN3. The summed E-state index contributed by atoms with van der Waals surface area (Å²) >= 11 is 0. The van der Waals surface area contributed by atoms with Crippen LogP contribution in [0.4, 0.5) is 0 Å². The molecule has 1 aromatic heterocycles. The number of nitrogens with zero attached hydrogens (tertiary/aromatic N) is 3. The van der Waals surface area contributed by atoms with Crippen molar-refractivity contribution in [2.24, 2.45) is 0 Å². The third kappa shape index (κ3) is 2.00. The Balaban J connectivity index is 0.000000845. The van der Waals surface area contributed by atoms with E-state index in [1.165, 1.54) is 6.33 Å². The first-order chi connectivity index (χ1) is 5.88. The van der Waals surface area contributed by atoms with E-state index in [0.29, 0.717) is 0 Å². The molecule has 4 heteroatoms. The van der Waals surface area contributed by atoms with Crippen LogP contribution in [-0.2, 0) is 0 Å². The zero-order valence-corrected chi connectivity index (χ0v) is 7.73. The Morgan fingerprint density at radius 3 is 2.77 bits per heavy atom. The van der Waals surface area contributed by atoms with Crippen LogP contribution in [0.15, 0.2) is 30.6 Å². The second-order valence-electron chi connectivity index (χ2n) is 2.47. The number of aryl methyl sites for hydroxylation is 1. The van der Waals surface area contributed by atoms with Crippen molar-refractivity contribution in [2.45, 2.75) is 6.92 Å². The molecule has 0 saturated carbocycles. The van der Waals surface area contributed by atoms with Gasteiger partial charge in [0, 0.05) is 0 Å². The van der Waals surface area contributed by atoms with Crippen molar-refractivity contribution in [1.82, 2.24) is 14.8 Å². The van der Waals surface area contributed by atoms with Crippen molar-refractivity contribution < 1.29 is 18.9 Å². The average Bonchev–Trinajstić information content (AvgIpc) is 2.53. The van der Waals surface area contributed by atoms with Gasteiger partial charge in [-0.15, -0.1) is 6.07 Å². The third-order valence-corrected chi connectivity index (χ3v) is 1.64. The first-order valence-corrected chi connectivity index (χ1v) is 3.71. The number of benzene rings is 1. The Hall–Kier alpha value is -1.04. The molecule has 13 heavy (non-hydrogen) atoms. The van der Waals surface area contributed by atoms with Crippen molar-refractivity contribution in [3.8, 4) is 5.69 Å². The van der Waals surface area contributed by atoms with Crippen LogP contribution < -0.4 is 18.9 Å². The first kappa shape index (κ1) is 10.0. The molecule has 0 aliphatic heterocycles. The molecule has 3 nitrogen and oxygen atoms in total. The molecule has 2 aromatic rings. The summed E-state index contributed by atoms with van der Waals surface area (Å²) in [5.74, 6) is 0.873. The summed E-state index contributed by atoms with van der Waals surface area (Å²) in [6.07, 6.45) is 1.54. The Kier molecular flexibility index (Phi) is 3.30. The van der Waals surface area contributed by atoms with Gasteiger partial charge < -0.3 is 0 Å². The summed E-state index contributed by atoms with van der Waals surface area (Å²) in [6, 6.07) is 10.8. The van der Waals surface area contributed by atoms with Crippen molar-refractivity contribution in [2.75, 3.05) is 0 Å². The molecule has 0 spiro atoms. The monoisotopic (exact) mass is 165 g/mol. The van der Waals surface area contributed by atoms with Gasteiger partial charge in [-0.25, -0.2) is 9.67 Å². The molecule has 1 aromatic carbocycles. The number of hydrogen-bond acceptors (Lipinski definition) is 2. The molecule has 0 saturated heterocycles. The second kappa shape index (κ2) is 4.27. The average molecular weight is 165 g/mol. The quantitative estimate of drug-likeness (QED) is 0.375. The van der Waals surface area contributed by atoms with E-state index in [1.54, 1.807) is 4.68 Å². The van der Waals surface area contributed by atoms with Crippen LogP contribution in [0, 0.1) is 13.0 Å². The van der Waals surface area contributed by atoms with Crippen molar-refractivity contribution in [1.29, 1.82) is 0 Å². The number of aromatic nitrogens is 3. The standard InChI is InChI=1S/C9H8N3.Li/c1-8-10-7-11-12(8)9-5-3-2-4-6-9;/h2-5,7H,1H3;/q-1;+1. The largest absolute Gasteiger partial charge is 1.00 e. The molecule has 60 valence electrons. The van der Waals surface area contributed by atoms with E-state index in [2.05, 4.69) is 16.1 Å². The molecule has 0 amide bonds. The van der Waals surface area contributed by atoms with E-state index in [0.717, 1.165) is 11.5 Å². The van der Waals surface area contributed by atoms with Gasteiger partial charge in [-0.1, -0.05) is 0 Å². The SMILES string of the molecule is Cc1ncnn1-c1[c-]cccc1.[Li+]. The van der Waals surface area contributed by atoms with Crippen molar-refractivity contribution >= 4 is 0 Å². The molecule has 0 atom stereocenters. The van der Waals surface area contributed by atoms with Gasteiger partial charge in [0.2, 0.25) is 0 Å². The maximum atomic E-state index is 4.06. The Labute approximate surface area is 89.0 Å². The van der Waals surface area contributed by atoms with Crippen LogP contribution in [0.1, 0.15) is 5.82 Å². The van der Waals surface area contributed by atoms with Crippen LogP contribution in [0.3, 0.4) is 0 Å². The van der Waals surface area contributed by atoms with Crippen molar-refractivity contribution in [3.05, 3.63) is 42.5 Å². The molecule has 2 rings (SSSR count). The van der Waals surface area contributed by atoms with Gasteiger partial charge in [0.05, 0.1) is 0 Å². The van der Waals surface area contributed by atoms with Gasteiger partial charge >= 0.3 is 18.9 Å². The minimum absolute atomic E-state index is 0. The fourth-order valence-electron chi connectivity index (χ4n) is 1.05. The predicted octanol–water partition coefficient (Wildman–Crippen LogP) is -1.62. The molecule has 0 bridgehead atoms. The normalized spacial score (nSPS) is 9.31. The fraction of sp³-hybridized carbons (Fsp3) is 0.111. The molecular weight excluding hydrogens is 157 g/mol. The topological polar surface area (TPSA) is 30.7 Å². The van der Waals surface area contributed by atoms with E-state index in [1.807, 2.05) is 31.2 Å². The Morgan fingerprint density at radius 2 is 2.23 bits per heavy atom. The summed E-state index contributed by atoms with van der Waals surface area (Å²) in [6.45, 7) is 1.91. The fourth-order valence-corrected chi connectivity index (χ4v) is 1.05. The minimum Gasteiger partial charge on any atom is -0.243 e. The molecule has 0 unspecified atom stereocenters. The molecule has 0 aliphatic rings. The zero-order chi connectivity index (χ0) is 8.39. The van der Waals surface area contributed by atoms with E-state index < -0.39 is 0 Å². The summed E-state index contributed by atoms with van der Waals surface area (Å²) in [4.78, 5) is 4.02. The molecule has 0 fully saturated rings. The van der Waals surface area contributed by atoms with Gasteiger partial charge in [0.1, 0.15) is 12.2 Å². The number of rotatable bonds is 1. The van der Waals surface area contributed by atoms with Crippen LogP contribution in [0.2, 0.25) is 0 Å². The summed E-state index contributed by atoms with van der Waals surface area (Å²) in [5, 5.41) is 4.06. The van der Waals surface area contributed by atoms with E-state index in [4.69, 9.17) is 0 Å². The van der Waals surface area contributed by atoms with E-state index in [9.17, 15) is 0 Å². The smallest absolute Gasteiger partial charge is 0.243 e. The molecule has 0 N–H and O–H groups in total. The van der Waals surface area contributed by atoms with E-state index in [-0.39, 0.29) is 18.9 Å². The van der Waals surface area contributed by atoms with Gasteiger partial charge in [-0.05, 0) is 12.6 Å². The maximum Gasteiger partial charge on any atom is 1.00 e. The second-order valence-corrected chi connectivity index (χ2v) is 2.47. The molecule has 1 heterocycles. The van der Waals surface area contributed by atoms with Crippen LogP contribution in [-0.4, -0.2) is 14.8 Å². The van der Waals surface area contributed by atoms with E-state index >= 15 is 0 Å². The Morgan fingerprint density at radius 1 is 1.38 bits per heavy atom. The first-order valence-electron chi connectivity index (χ1n) is 3.71. The van der Waals surface area contributed by atoms with Crippen LogP contribution in [0.25, 0.3) is 5.69 Å². The summed E-state index contributed by atoms with van der Waals surface area (Å²) in [5.41, 5.74) is 0.924. The van der Waals surface area contributed by atoms with Crippen LogP contribution >= 0.6 is 0 Å². The summed E-state index contributed by atoms with van der Waals surface area (Å²) < 4.78 is 1.75. The van der Waals surface area contributed by atoms with Gasteiger partial charge in [0.25, 0.3) is 0 Å². The summed E-state index contributed by atoms with van der Waals surface area (Å²) in [7, 11) is 0. The van der Waals surface area contributed by atoms with Crippen molar-refractivity contribution in [3.63, 3.8) is 0 Å².